The molecule has 0 spiro atoms. The summed E-state index contributed by atoms with van der Waals surface area (Å²) < 4.78 is 0. The fourth-order valence-electron chi connectivity index (χ4n) is 2.17. The minimum atomic E-state index is -0.497. The van der Waals surface area contributed by atoms with Crippen molar-refractivity contribution in [1.82, 2.24) is 10.2 Å². The normalized spacial score (nSPS) is 23.9. The van der Waals surface area contributed by atoms with Crippen LogP contribution in [0.5, 0.6) is 0 Å². The lowest BCUT2D eigenvalue weighted by Gasteiger charge is -2.25. The van der Waals surface area contributed by atoms with Gasteiger partial charge in [0, 0.05) is 13.1 Å². The number of aliphatic hydroxyl groups excluding tert-OH is 1. The fraction of sp³-hybridized carbons (Fsp3) is 0.923. The van der Waals surface area contributed by atoms with Gasteiger partial charge >= 0.3 is 0 Å². The van der Waals surface area contributed by atoms with Gasteiger partial charge in [0.1, 0.15) is 6.23 Å². The molecule has 4 nitrogen and oxygen atoms in total. The lowest BCUT2D eigenvalue weighted by atomic mass is 10.1. The molecule has 0 aromatic rings. The van der Waals surface area contributed by atoms with Gasteiger partial charge in [-0.05, 0) is 25.7 Å². The maximum Gasteiger partial charge on any atom is 0.239 e. The van der Waals surface area contributed by atoms with Gasteiger partial charge in [0.15, 0.2) is 0 Å². The van der Waals surface area contributed by atoms with E-state index in [0.717, 1.165) is 45.2 Å². The molecule has 2 atom stereocenters. The van der Waals surface area contributed by atoms with Crippen LogP contribution in [0.25, 0.3) is 0 Å². The predicted octanol–water partition coefficient (Wildman–Crippen LogP) is 1.49. The van der Waals surface area contributed by atoms with Crippen molar-refractivity contribution in [2.24, 2.45) is 0 Å². The second-order valence-corrected chi connectivity index (χ2v) is 4.84. The van der Waals surface area contributed by atoms with Crippen molar-refractivity contribution in [2.45, 2.75) is 64.6 Å². The topological polar surface area (TPSA) is 52.6 Å². The summed E-state index contributed by atoms with van der Waals surface area (Å²) in [4.78, 5) is 14.2. The van der Waals surface area contributed by atoms with Crippen LogP contribution in [0.1, 0.15) is 52.4 Å². The van der Waals surface area contributed by atoms with Gasteiger partial charge in [-0.2, -0.15) is 0 Å². The van der Waals surface area contributed by atoms with E-state index in [1.165, 1.54) is 0 Å². The summed E-state index contributed by atoms with van der Waals surface area (Å²) in [7, 11) is 0. The van der Waals surface area contributed by atoms with Crippen LogP contribution < -0.4 is 5.32 Å². The number of carbonyl (C=O) groups excluding carboxylic acids is 1. The Morgan fingerprint density at radius 1 is 1.24 bits per heavy atom. The van der Waals surface area contributed by atoms with Crippen LogP contribution in [0.3, 0.4) is 0 Å². The minimum absolute atomic E-state index is 0.168. The minimum Gasteiger partial charge on any atom is -0.379 e. The average molecular weight is 242 g/mol. The number of aliphatic hydroxyl groups is 1. The van der Waals surface area contributed by atoms with Crippen molar-refractivity contribution in [3.63, 3.8) is 0 Å². The van der Waals surface area contributed by atoms with Gasteiger partial charge in [0.05, 0.1) is 6.04 Å². The van der Waals surface area contributed by atoms with E-state index in [-0.39, 0.29) is 11.9 Å². The molecule has 0 aromatic carbocycles. The molecule has 1 rings (SSSR count). The Labute approximate surface area is 104 Å². The third kappa shape index (κ3) is 4.64. The van der Waals surface area contributed by atoms with E-state index in [0.29, 0.717) is 6.42 Å². The molecule has 0 aliphatic carbocycles. The highest BCUT2D eigenvalue weighted by atomic mass is 16.3. The summed E-state index contributed by atoms with van der Waals surface area (Å²) in [6, 6.07) is -0.168. The van der Waals surface area contributed by atoms with Crippen molar-refractivity contribution in [3.05, 3.63) is 0 Å². The van der Waals surface area contributed by atoms with Crippen molar-refractivity contribution < 1.29 is 9.90 Å². The maximum absolute atomic E-state index is 12.3. The Morgan fingerprint density at radius 3 is 2.24 bits per heavy atom. The Balaban J connectivity index is 2.45. The van der Waals surface area contributed by atoms with E-state index in [4.69, 9.17) is 0 Å². The smallest absolute Gasteiger partial charge is 0.239 e. The number of carbonyl (C=O) groups is 1. The van der Waals surface area contributed by atoms with Gasteiger partial charge in [-0.1, -0.05) is 26.7 Å². The molecule has 0 aromatic heterocycles. The van der Waals surface area contributed by atoms with E-state index >= 15 is 0 Å². The van der Waals surface area contributed by atoms with Crippen molar-refractivity contribution in [3.8, 4) is 0 Å². The first-order valence-electron chi connectivity index (χ1n) is 6.92. The van der Waals surface area contributed by atoms with Crippen molar-refractivity contribution >= 4 is 5.91 Å². The fourth-order valence-corrected chi connectivity index (χ4v) is 2.17. The van der Waals surface area contributed by atoms with Crippen LogP contribution in [0.15, 0.2) is 0 Å². The van der Waals surface area contributed by atoms with Crippen LogP contribution in [0.2, 0.25) is 0 Å². The average Bonchev–Trinajstić information content (AvgIpc) is 2.75. The maximum atomic E-state index is 12.3. The second kappa shape index (κ2) is 7.67. The summed E-state index contributed by atoms with van der Waals surface area (Å²) in [5.41, 5.74) is 0. The molecule has 0 radical (unpaired) electrons. The standard InChI is InChI=1S/C13H26N2O2/c1-3-5-9-15(10-6-4-2)13(17)11-7-8-12(16)14-11/h11-12,14,16H,3-10H2,1-2H3/t11-,12?/m0/s1. The van der Waals surface area contributed by atoms with Crippen LogP contribution in [-0.2, 0) is 4.79 Å². The van der Waals surface area contributed by atoms with E-state index in [2.05, 4.69) is 19.2 Å². The molecule has 4 heteroatoms. The number of hydrogen-bond donors (Lipinski definition) is 2. The summed E-state index contributed by atoms with van der Waals surface area (Å²) >= 11 is 0. The summed E-state index contributed by atoms with van der Waals surface area (Å²) in [6.45, 7) is 5.98. The molecule has 1 heterocycles. The molecule has 1 aliphatic heterocycles. The van der Waals surface area contributed by atoms with Crippen molar-refractivity contribution in [1.29, 1.82) is 0 Å². The Kier molecular flexibility index (Phi) is 6.52. The van der Waals surface area contributed by atoms with Crippen molar-refractivity contribution in [2.75, 3.05) is 13.1 Å². The van der Waals surface area contributed by atoms with Gasteiger partial charge < -0.3 is 10.0 Å². The molecular formula is C13H26N2O2. The van der Waals surface area contributed by atoms with E-state index < -0.39 is 6.23 Å². The third-order valence-electron chi connectivity index (χ3n) is 3.30. The van der Waals surface area contributed by atoms with E-state index in [1.54, 1.807) is 0 Å². The molecule has 1 unspecified atom stereocenters. The molecule has 1 fully saturated rings. The summed E-state index contributed by atoms with van der Waals surface area (Å²) in [5.74, 6) is 0.170. The van der Waals surface area contributed by atoms with Crippen LogP contribution >= 0.6 is 0 Å². The number of unbranched alkanes of at least 4 members (excludes halogenated alkanes) is 2. The number of nitrogens with one attached hydrogen (secondary N) is 1. The van der Waals surface area contributed by atoms with Gasteiger partial charge in [0.25, 0.3) is 0 Å². The molecule has 100 valence electrons. The largest absolute Gasteiger partial charge is 0.379 e. The highest BCUT2D eigenvalue weighted by Crippen LogP contribution is 2.13. The zero-order chi connectivity index (χ0) is 12.7. The molecule has 1 saturated heterocycles. The zero-order valence-electron chi connectivity index (χ0n) is 11.1. The molecular weight excluding hydrogens is 216 g/mol. The highest BCUT2D eigenvalue weighted by molar-refractivity contribution is 5.82. The Hall–Kier alpha value is -0.610. The summed E-state index contributed by atoms with van der Waals surface area (Å²) in [5, 5.41) is 12.4. The van der Waals surface area contributed by atoms with E-state index in [9.17, 15) is 9.90 Å². The van der Waals surface area contributed by atoms with Gasteiger partial charge in [0.2, 0.25) is 5.91 Å². The first-order valence-corrected chi connectivity index (χ1v) is 6.92. The third-order valence-corrected chi connectivity index (χ3v) is 3.30. The highest BCUT2D eigenvalue weighted by Gasteiger charge is 2.30. The lowest BCUT2D eigenvalue weighted by molar-refractivity contribution is -0.133. The number of hydrogen-bond acceptors (Lipinski definition) is 3. The van der Waals surface area contributed by atoms with Gasteiger partial charge in [-0.3, -0.25) is 10.1 Å². The Bertz CT molecular complexity index is 225. The zero-order valence-corrected chi connectivity index (χ0v) is 11.1. The predicted molar refractivity (Wildman–Crippen MR) is 68.6 cm³/mol. The number of amides is 1. The quantitative estimate of drug-likeness (QED) is 0.711. The molecule has 1 amide bonds. The summed E-state index contributed by atoms with van der Waals surface area (Å²) in [6.07, 6.45) is 5.28. The van der Waals surface area contributed by atoms with Crippen LogP contribution in [-0.4, -0.2) is 41.3 Å². The molecule has 0 bridgehead atoms. The second-order valence-electron chi connectivity index (χ2n) is 4.84. The van der Waals surface area contributed by atoms with Crippen LogP contribution in [0, 0.1) is 0 Å². The monoisotopic (exact) mass is 242 g/mol. The molecule has 2 N–H and O–H groups in total. The number of rotatable bonds is 7. The van der Waals surface area contributed by atoms with Crippen LogP contribution in [0.4, 0.5) is 0 Å². The van der Waals surface area contributed by atoms with E-state index in [1.807, 2.05) is 4.90 Å². The number of nitrogens with zero attached hydrogens (tertiary/aromatic N) is 1. The molecule has 1 aliphatic rings. The SMILES string of the molecule is CCCCN(CCCC)C(=O)[C@@H]1CCC(O)N1. The van der Waals surface area contributed by atoms with Gasteiger partial charge in [-0.25, -0.2) is 0 Å². The van der Waals surface area contributed by atoms with Gasteiger partial charge in [-0.15, -0.1) is 0 Å². The first-order chi connectivity index (χ1) is 8.19. The lowest BCUT2D eigenvalue weighted by Crippen LogP contribution is -2.46. The first kappa shape index (κ1) is 14.5. The Morgan fingerprint density at radius 2 is 1.82 bits per heavy atom. The molecule has 0 saturated carbocycles. The molecule has 17 heavy (non-hydrogen) atoms.